The molecule has 1 saturated heterocycles. The number of hydrogen-bond acceptors (Lipinski definition) is 3. The summed E-state index contributed by atoms with van der Waals surface area (Å²) in [4.78, 5) is 14.5. The van der Waals surface area contributed by atoms with Crippen molar-refractivity contribution >= 4 is 11.6 Å². The van der Waals surface area contributed by atoms with Gasteiger partial charge in [0, 0.05) is 30.3 Å². The average Bonchev–Trinajstić information content (AvgIpc) is 3.17. The summed E-state index contributed by atoms with van der Waals surface area (Å²) in [7, 11) is 0. The number of aliphatic hydroxyl groups is 1. The summed E-state index contributed by atoms with van der Waals surface area (Å²) in [5, 5.41) is 12.7. The Labute approximate surface area is 143 Å². The highest BCUT2D eigenvalue weighted by Gasteiger charge is 2.50. The lowest BCUT2D eigenvalue weighted by atomic mass is 10.0. The molecule has 2 aliphatic rings. The van der Waals surface area contributed by atoms with Gasteiger partial charge >= 0.3 is 0 Å². The van der Waals surface area contributed by atoms with Crippen LogP contribution >= 0.6 is 0 Å². The summed E-state index contributed by atoms with van der Waals surface area (Å²) in [6.45, 7) is 7.58. The Morgan fingerprint density at radius 1 is 1.38 bits per heavy atom. The van der Waals surface area contributed by atoms with Gasteiger partial charge in [-0.1, -0.05) is 13.8 Å². The van der Waals surface area contributed by atoms with E-state index in [0.717, 1.165) is 30.8 Å². The van der Waals surface area contributed by atoms with E-state index in [-0.39, 0.29) is 35.2 Å². The molecule has 1 aromatic carbocycles. The molecule has 2 unspecified atom stereocenters. The number of piperidine rings is 1. The third kappa shape index (κ3) is 3.56. The monoisotopic (exact) mass is 334 g/mol. The molecule has 3 rings (SSSR count). The lowest BCUT2D eigenvalue weighted by molar-refractivity contribution is -0.123. The zero-order valence-corrected chi connectivity index (χ0v) is 14.7. The SMILES string of the molecule is CC(NC(=O)C1CC1(C)C)c1cc(F)ccc1N1CCC(O)CC1. The highest BCUT2D eigenvalue weighted by molar-refractivity contribution is 5.83. The second kappa shape index (κ2) is 6.36. The standard InChI is InChI=1S/C19H27FN2O2/c1-12(21-18(24)16-11-19(16,2)3)15-10-13(20)4-5-17(15)22-8-6-14(23)7-9-22/h4-5,10,12,14,16,23H,6-9,11H2,1-3H3,(H,21,24). The highest BCUT2D eigenvalue weighted by atomic mass is 19.1. The summed E-state index contributed by atoms with van der Waals surface area (Å²) in [6, 6.07) is 4.52. The van der Waals surface area contributed by atoms with E-state index >= 15 is 0 Å². The summed E-state index contributed by atoms with van der Waals surface area (Å²) < 4.78 is 13.8. The zero-order valence-electron chi connectivity index (χ0n) is 14.7. The molecule has 1 aliphatic carbocycles. The Balaban J connectivity index is 1.76. The number of carbonyl (C=O) groups is 1. The van der Waals surface area contributed by atoms with E-state index in [1.54, 1.807) is 6.07 Å². The van der Waals surface area contributed by atoms with E-state index in [2.05, 4.69) is 24.1 Å². The Kier molecular flexibility index (Phi) is 4.56. The molecular weight excluding hydrogens is 307 g/mol. The van der Waals surface area contributed by atoms with Crippen molar-refractivity contribution in [1.82, 2.24) is 5.32 Å². The quantitative estimate of drug-likeness (QED) is 0.890. The third-order valence-corrected chi connectivity index (χ3v) is 5.45. The smallest absolute Gasteiger partial charge is 0.224 e. The second-order valence-corrected chi connectivity index (χ2v) is 7.90. The molecule has 132 valence electrons. The number of halogens is 1. The van der Waals surface area contributed by atoms with E-state index in [1.165, 1.54) is 12.1 Å². The molecule has 2 atom stereocenters. The molecule has 0 radical (unpaired) electrons. The number of carbonyl (C=O) groups excluding carboxylic acids is 1. The predicted molar refractivity (Wildman–Crippen MR) is 92.3 cm³/mol. The molecule has 24 heavy (non-hydrogen) atoms. The molecule has 2 N–H and O–H groups in total. The van der Waals surface area contributed by atoms with Crippen LogP contribution in [0.3, 0.4) is 0 Å². The number of nitrogens with zero attached hydrogens (tertiary/aromatic N) is 1. The first kappa shape index (κ1) is 17.2. The van der Waals surface area contributed by atoms with Crippen LogP contribution in [0.2, 0.25) is 0 Å². The largest absolute Gasteiger partial charge is 0.393 e. The van der Waals surface area contributed by atoms with Crippen molar-refractivity contribution in [2.45, 2.75) is 52.2 Å². The van der Waals surface area contributed by atoms with Gasteiger partial charge in [-0.3, -0.25) is 4.79 Å². The van der Waals surface area contributed by atoms with Gasteiger partial charge in [0.25, 0.3) is 0 Å². The summed E-state index contributed by atoms with van der Waals surface area (Å²) in [5.74, 6) is -0.183. The molecule has 1 aromatic rings. The van der Waals surface area contributed by atoms with Crippen LogP contribution in [0.15, 0.2) is 18.2 Å². The van der Waals surface area contributed by atoms with Gasteiger partial charge in [0.1, 0.15) is 5.82 Å². The Morgan fingerprint density at radius 3 is 2.58 bits per heavy atom. The van der Waals surface area contributed by atoms with Crippen molar-refractivity contribution < 1.29 is 14.3 Å². The van der Waals surface area contributed by atoms with Crippen LogP contribution in [0.5, 0.6) is 0 Å². The van der Waals surface area contributed by atoms with Gasteiger partial charge in [-0.15, -0.1) is 0 Å². The lowest BCUT2D eigenvalue weighted by Gasteiger charge is -2.34. The van der Waals surface area contributed by atoms with Crippen LogP contribution in [0.1, 0.15) is 51.6 Å². The normalized spacial score (nSPS) is 24.5. The van der Waals surface area contributed by atoms with E-state index in [0.29, 0.717) is 12.8 Å². The maximum absolute atomic E-state index is 13.8. The van der Waals surface area contributed by atoms with Crippen molar-refractivity contribution in [1.29, 1.82) is 0 Å². The van der Waals surface area contributed by atoms with Crippen molar-refractivity contribution in [3.63, 3.8) is 0 Å². The number of rotatable bonds is 4. The van der Waals surface area contributed by atoms with Crippen molar-refractivity contribution in [3.8, 4) is 0 Å². The molecule has 1 heterocycles. The average molecular weight is 334 g/mol. The van der Waals surface area contributed by atoms with Gasteiger partial charge in [0.15, 0.2) is 0 Å². The van der Waals surface area contributed by atoms with Gasteiger partial charge in [0.2, 0.25) is 5.91 Å². The van der Waals surface area contributed by atoms with Gasteiger partial charge in [-0.2, -0.15) is 0 Å². The maximum atomic E-state index is 13.8. The molecule has 5 heteroatoms. The fourth-order valence-corrected chi connectivity index (χ4v) is 3.57. The van der Waals surface area contributed by atoms with Crippen LogP contribution in [-0.2, 0) is 4.79 Å². The van der Waals surface area contributed by atoms with Crippen molar-refractivity contribution in [2.75, 3.05) is 18.0 Å². The number of nitrogens with one attached hydrogen (secondary N) is 1. The van der Waals surface area contributed by atoms with E-state index < -0.39 is 0 Å². The topological polar surface area (TPSA) is 52.6 Å². The Morgan fingerprint density at radius 2 is 2.00 bits per heavy atom. The van der Waals surface area contributed by atoms with E-state index in [1.807, 2.05) is 6.92 Å². The van der Waals surface area contributed by atoms with Gasteiger partial charge < -0.3 is 15.3 Å². The minimum Gasteiger partial charge on any atom is -0.393 e. The van der Waals surface area contributed by atoms with Crippen LogP contribution in [-0.4, -0.2) is 30.2 Å². The molecule has 0 aromatic heterocycles. The summed E-state index contributed by atoms with van der Waals surface area (Å²) in [6.07, 6.45) is 2.09. The molecule has 2 fully saturated rings. The molecule has 1 saturated carbocycles. The molecule has 0 bridgehead atoms. The highest BCUT2D eigenvalue weighted by Crippen LogP contribution is 2.51. The first-order chi connectivity index (χ1) is 11.3. The molecule has 1 amide bonds. The van der Waals surface area contributed by atoms with Gasteiger partial charge in [-0.25, -0.2) is 4.39 Å². The summed E-state index contributed by atoms with van der Waals surface area (Å²) >= 11 is 0. The number of anilines is 1. The first-order valence-electron chi connectivity index (χ1n) is 8.81. The zero-order chi connectivity index (χ0) is 17.5. The molecular formula is C19H27FN2O2. The number of aliphatic hydroxyl groups excluding tert-OH is 1. The minimum atomic E-state index is -0.293. The van der Waals surface area contributed by atoms with Crippen LogP contribution in [0.25, 0.3) is 0 Å². The van der Waals surface area contributed by atoms with Crippen molar-refractivity contribution in [3.05, 3.63) is 29.6 Å². The molecule has 0 spiro atoms. The van der Waals surface area contributed by atoms with Crippen LogP contribution in [0.4, 0.5) is 10.1 Å². The minimum absolute atomic E-state index is 0.0526. The molecule has 1 aliphatic heterocycles. The lowest BCUT2D eigenvalue weighted by Crippen LogP contribution is -2.37. The number of hydrogen-bond donors (Lipinski definition) is 2. The second-order valence-electron chi connectivity index (χ2n) is 7.90. The van der Waals surface area contributed by atoms with Gasteiger partial charge in [-0.05, 0) is 49.8 Å². The number of amides is 1. The Bertz CT molecular complexity index is 624. The number of benzene rings is 1. The van der Waals surface area contributed by atoms with E-state index in [9.17, 15) is 14.3 Å². The fraction of sp³-hybridized carbons (Fsp3) is 0.632. The van der Waals surface area contributed by atoms with Crippen LogP contribution < -0.4 is 10.2 Å². The maximum Gasteiger partial charge on any atom is 0.224 e. The fourth-order valence-electron chi connectivity index (χ4n) is 3.57. The summed E-state index contributed by atoms with van der Waals surface area (Å²) in [5.41, 5.74) is 1.83. The van der Waals surface area contributed by atoms with Crippen molar-refractivity contribution in [2.24, 2.45) is 11.3 Å². The van der Waals surface area contributed by atoms with Gasteiger partial charge in [0.05, 0.1) is 12.1 Å². The first-order valence-corrected chi connectivity index (χ1v) is 8.81. The Hall–Kier alpha value is -1.62. The van der Waals surface area contributed by atoms with Crippen LogP contribution in [0, 0.1) is 17.2 Å². The third-order valence-electron chi connectivity index (χ3n) is 5.45. The van der Waals surface area contributed by atoms with E-state index in [4.69, 9.17) is 0 Å². The predicted octanol–water partition coefficient (Wildman–Crippen LogP) is 3.01. The molecule has 4 nitrogen and oxygen atoms in total.